The Hall–Kier alpha value is -2.99. The van der Waals surface area contributed by atoms with Gasteiger partial charge < -0.3 is 14.1 Å². The van der Waals surface area contributed by atoms with Crippen LogP contribution in [0.4, 0.5) is 4.39 Å². The average molecular weight is 395 g/mol. The van der Waals surface area contributed by atoms with Crippen LogP contribution >= 0.6 is 0 Å². The van der Waals surface area contributed by atoms with Crippen molar-refractivity contribution < 1.29 is 18.3 Å². The largest absolute Gasteiger partial charge is 0.451 e. The molecule has 6 heteroatoms. The molecule has 0 radical (unpaired) electrons. The van der Waals surface area contributed by atoms with Crippen LogP contribution < -0.4 is 5.43 Å². The Bertz CT molecular complexity index is 1080. The van der Waals surface area contributed by atoms with E-state index in [-0.39, 0.29) is 28.7 Å². The van der Waals surface area contributed by atoms with Gasteiger partial charge in [0, 0.05) is 25.8 Å². The molecule has 2 heterocycles. The van der Waals surface area contributed by atoms with Crippen molar-refractivity contribution in [3.8, 4) is 0 Å². The number of hydrogen-bond donors (Lipinski definition) is 0. The van der Waals surface area contributed by atoms with Crippen LogP contribution in [0.3, 0.4) is 0 Å². The van der Waals surface area contributed by atoms with Gasteiger partial charge >= 0.3 is 0 Å². The first kappa shape index (κ1) is 19.3. The van der Waals surface area contributed by atoms with Gasteiger partial charge in [0.1, 0.15) is 11.4 Å². The maximum Gasteiger partial charge on any atom is 0.290 e. The van der Waals surface area contributed by atoms with Gasteiger partial charge in [-0.05, 0) is 43.5 Å². The second-order valence-electron chi connectivity index (χ2n) is 7.42. The highest BCUT2D eigenvalue weighted by molar-refractivity contribution is 5.93. The molecule has 0 N–H and O–H groups in total. The number of carbonyl (C=O) groups excluding carboxylic acids is 1. The number of benzene rings is 2. The zero-order chi connectivity index (χ0) is 20.4. The van der Waals surface area contributed by atoms with Gasteiger partial charge in [0.15, 0.2) is 11.2 Å². The summed E-state index contributed by atoms with van der Waals surface area (Å²) in [6.45, 7) is 3.49. The molecule has 1 amide bonds. The first-order chi connectivity index (χ1) is 14.0. The number of fused-ring (bicyclic) bond motifs is 1. The molecule has 0 aliphatic carbocycles. The molecule has 3 aromatic rings. The van der Waals surface area contributed by atoms with Gasteiger partial charge in [0.05, 0.1) is 11.5 Å². The summed E-state index contributed by atoms with van der Waals surface area (Å²) in [5.74, 6) is -0.966. The van der Waals surface area contributed by atoms with E-state index >= 15 is 0 Å². The van der Waals surface area contributed by atoms with Gasteiger partial charge in [-0.25, -0.2) is 4.39 Å². The minimum Gasteiger partial charge on any atom is -0.451 e. The Morgan fingerprint density at radius 2 is 1.97 bits per heavy atom. The molecular weight excluding hydrogens is 373 g/mol. The van der Waals surface area contributed by atoms with Crippen LogP contribution in [0.15, 0.2) is 57.7 Å². The molecule has 1 atom stereocenters. The summed E-state index contributed by atoms with van der Waals surface area (Å²) in [5.41, 5.74) is 1.86. The van der Waals surface area contributed by atoms with Crippen molar-refractivity contribution in [3.63, 3.8) is 0 Å². The first-order valence-electron chi connectivity index (χ1n) is 9.69. The van der Waals surface area contributed by atoms with Crippen LogP contribution in [0, 0.1) is 12.7 Å². The second kappa shape index (κ2) is 8.17. The summed E-state index contributed by atoms with van der Waals surface area (Å²) >= 11 is 0. The summed E-state index contributed by atoms with van der Waals surface area (Å²) in [4.78, 5) is 27.3. The van der Waals surface area contributed by atoms with E-state index < -0.39 is 11.2 Å². The quantitative estimate of drug-likeness (QED) is 0.654. The average Bonchev–Trinajstić information content (AvgIpc) is 3.22. The molecule has 1 aromatic heterocycles. The highest BCUT2D eigenvalue weighted by atomic mass is 19.1. The van der Waals surface area contributed by atoms with Crippen molar-refractivity contribution >= 4 is 16.9 Å². The van der Waals surface area contributed by atoms with Crippen molar-refractivity contribution in [3.05, 3.63) is 81.5 Å². The van der Waals surface area contributed by atoms with Crippen LogP contribution in [0.25, 0.3) is 11.0 Å². The number of aryl methyl sites for hydroxylation is 1. The van der Waals surface area contributed by atoms with Gasteiger partial charge in [-0.1, -0.05) is 29.8 Å². The van der Waals surface area contributed by atoms with Crippen molar-refractivity contribution in [2.75, 3.05) is 13.2 Å². The Balaban J connectivity index is 1.66. The fraction of sp³-hybridized carbons (Fsp3) is 0.304. The van der Waals surface area contributed by atoms with Crippen molar-refractivity contribution in [2.45, 2.75) is 32.4 Å². The normalized spacial score (nSPS) is 16.3. The fourth-order valence-electron chi connectivity index (χ4n) is 3.56. The molecule has 1 fully saturated rings. The number of rotatable bonds is 5. The van der Waals surface area contributed by atoms with Crippen LogP contribution in [0.2, 0.25) is 0 Å². The standard InChI is InChI=1S/C23H22FNO4/c1-15-4-6-16(7-5-15)13-25(14-18-3-2-10-28-18)23(27)22-12-20(26)19-11-17(24)8-9-21(19)29-22/h4-9,11-12,18H,2-3,10,13-14H2,1H3/t18-/m0/s1. The number of hydrogen-bond acceptors (Lipinski definition) is 4. The van der Waals surface area contributed by atoms with Gasteiger partial charge in [0.2, 0.25) is 0 Å². The third-order valence-electron chi connectivity index (χ3n) is 5.13. The van der Waals surface area contributed by atoms with Crippen LogP contribution in [-0.2, 0) is 11.3 Å². The molecule has 1 aliphatic rings. The van der Waals surface area contributed by atoms with E-state index in [0.29, 0.717) is 19.7 Å². The molecule has 0 bridgehead atoms. The lowest BCUT2D eigenvalue weighted by Crippen LogP contribution is -2.37. The molecule has 29 heavy (non-hydrogen) atoms. The van der Waals surface area contributed by atoms with Crippen LogP contribution in [0.5, 0.6) is 0 Å². The predicted molar refractivity (Wildman–Crippen MR) is 107 cm³/mol. The summed E-state index contributed by atoms with van der Waals surface area (Å²) in [5, 5.41) is 0.116. The van der Waals surface area contributed by atoms with Gasteiger partial charge in [-0.2, -0.15) is 0 Å². The maximum atomic E-state index is 13.4. The van der Waals surface area contributed by atoms with E-state index in [4.69, 9.17) is 9.15 Å². The van der Waals surface area contributed by atoms with E-state index in [1.807, 2.05) is 31.2 Å². The van der Waals surface area contributed by atoms with Crippen molar-refractivity contribution in [1.29, 1.82) is 0 Å². The number of nitrogens with zero attached hydrogens (tertiary/aromatic N) is 1. The van der Waals surface area contributed by atoms with Crippen LogP contribution in [-0.4, -0.2) is 30.1 Å². The van der Waals surface area contributed by atoms with Crippen molar-refractivity contribution in [1.82, 2.24) is 4.90 Å². The molecule has 1 aliphatic heterocycles. The lowest BCUT2D eigenvalue weighted by molar-refractivity contribution is 0.0484. The summed E-state index contributed by atoms with van der Waals surface area (Å²) in [7, 11) is 0. The Morgan fingerprint density at radius 1 is 1.17 bits per heavy atom. The summed E-state index contributed by atoms with van der Waals surface area (Å²) in [6.07, 6.45) is 1.82. The van der Waals surface area contributed by atoms with E-state index in [9.17, 15) is 14.0 Å². The summed E-state index contributed by atoms with van der Waals surface area (Å²) in [6, 6.07) is 12.8. The van der Waals surface area contributed by atoms with Crippen molar-refractivity contribution in [2.24, 2.45) is 0 Å². The highest BCUT2D eigenvalue weighted by Crippen LogP contribution is 2.19. The smallest absolute Gasteiger partial charge is 0.290 e. The lowest BCUT2D eigenvalue weighted by atomic mass is 10.1. The molecule has 0 unspecified atom stereocenters. The zero-order valence-electron chi connectivity index (χ0n) is 16.2. The Labute approximate surface area is 167 Å². The predicted octanol–water partition coefficient (Wildman–Crippen LogP) is 4.06. The molecule has 1 saturated heterocycles. The molecule has 0 spiro atoms. The fourth-order valence-corrected chi connectivity index (χ4v) is 3.56. The van der Waals surface area contributed by atoms with E-state index in [1.165, 1.54) is 12.1 Å². The van der Waals surface area contributed by atoms with E-state index in [2.05, 4.69) is 0 Å². The number of halogens is 1. The Kier molecular flexibility index (Phi) is 5.45. The molecule has 4 rings (SSSR count). The highest BCUT2D eigenvalue weighted by Gasteiger charge is 2.25. The SMILES string of the molecule is Cc1ccc(CN(C[C@@H]2CCCO2)C(=O)c2cc(=O)c3cc(F)ccc3o2)cc1. The number of ether oxygens (including phenoxy) is 1. The van der Waals surface area contributed by atoms with E-state index in [0.717, 1.165) is 36.1 Å². The second-order valence-corrected chi connectivity index (χ2v) is 7.42. The third kappa shape index (κ3) is 4.38. The monoisotopic (exact) mass is 395 g/mol. The summed E-state index contributed by atoms with van der Waals surface area (Å²) < 4.78 is 24.8. The molecule has 5 nitrogen and oxygen atoms in total. The minimum absolute atomic E-state index is 0.0364. The zero-order valence-corrected chi connectivity index (χ0v) is 16.2. The van der Waals surface area contributed by atoms with Crippen LogP contribution in [0.1, 0.15) is 34.5 Å². The topological polar surface area (TPSA) is 59.8 Å². The molecule has 150 valence electrons. The third-order valence-corrected chi connectivity index (χ3v) is 5.13. The molecule has 0 saturated carbocycles. The molecular formula is C23H22FNO4. The van der Waals surface area contributed by atoms with Gasteiger partial charge in [-0.15, -0.1) is 0 Å². The van der Waals surface area contributed by atoms with Gasteiger partial charge in [0.25, 0.3) is 5.91 Å². The minimum atomic E-state index is -0.525. The lowest BCUT2D eigenvalue weighted by Gasteiger charge is -2.25. The number of amides is 1. The van der Waals surface area contributed by atoms with Gasteiger partial charge in [-0.3, -0.25) is 9.59 Å². The molecule has 2 aromatic carbocycles. The Morgan fingerprint density at radius 3 is 2.69 bits per heavy atom. The number of carbonyl (C=O) groups is 1. The maximum absolute atomic E-state index is 13.4. The first-order valence-corrected chi connectivity index (χ1v) is 9.69. The van der Waals surface area contributed by atoms with E-state index in [1.54, 1.807) is 4.90 Å².